The maximum atomic E-state index is 11.8. The van der Waals surface area contributed by atoms with Crippen molar-refractivity contribution in [3.8, 4) is 28.6 Å². The summed E-state index contributed by atoms with van der Waals surface area (Å²) in [4.78, 5) is 0. The molecule has 0 saturated carbocycles. The molecule has 1 aliphatic heterocycles. The van der Waals surface area contributed by atoms with E-state index in [1.807, 2.05) is 80.1 Å². The minimum Gasteiger partial charge on any atom is -0.486 e. The number of para-hydroxylation sites is 2. The Morgan fingerprint density at radius 1 is 1.03 bits per heavy atom. The maximum Gasteiger partial charge on any atom is 0.234 e. The average Bonchev–Trinajstić information content (AvgIpc) is 3.17. The quantitative estimate of drug-likeness (QED) is 0.463. The highest BCUT2D eigenvalue weighted by Crippen LogP contribution is 2.34. The number of nitrogens with zero attached hydrogens (tertiary/aromatic N) is 3. The van der Waals surface area contributed by atoms with E-state index >= 15 is 0 Å². The number of hydrogen-bond donors (Lipinski definition) is 0. The van der Waals surface area contributed by atoms with E-state index in [0.717, 1.165) is 16.9 Å². The predicted octanol–water partition coefficient (Wildman–Crippen LogP) is 5.17. The zero-order valence-corrected chi connectivity index (χ0v) is 21.4. The van der Waals surface area contributed by atoms with Crippen LogP contribution in [0.3, 0.4) is 0 Å². The second kappa shape index (κ2) is 9.60. The van der Waals surface area contributed by atoms with Crippen LogP contribution in [0.2, 0.25) is 5.02 Å². The van der Waals surface area contributed by atoms with Crippen LogP contribution in [-0.2, 0) is 10.0 Å². The van der Waals surface area contributed by atoms with Gasteiger partial charge >= 0.3 is 0 Å². The largest absolute Gasteiger partial charge is 0.486 e. The van der Waals surface area contributed by atoms with E-state index in [4.69, 9.17) is 26.2 Å². The van der Waals surface area contributed by atoms with Crippen LogP contribution in [0.1, 0.15) is 33.6 Å². The van der Waals surface area contributed by atoms with Crippen molar-refractivity contribution in [3.63, 3.8) is 0 Å². The van der Waals surface area contributed by atoms with Gasteiger partial charge in [-0.25, -0.2) is 17.4 Å². The normalized spacial score (nSPS) is 15.9. The Morgan fingerprint density at radius 3 is 2.29 bits per heavy atom. The molecule has 0 atom stereocenters. The highest BCUT2D eigenvalue weighted by molar-refractivity contribution is 7.88. The number of ether oxygens (including phenoxy) is 2. The van der Waals surface area contributed by atoms with E-state index in [1.165, 1.54) is 10.6 Å². The highest BCUT2D eigenvalue weighted by atomic mass is 35.5. The van der Waals surface area contributed by atoms with Gasteiger partial charge in [0.2, 0.25) is 15.9 Å². The Hall–Kier alpha value is -2.55. The molecule has 3 aromatic rings. The van der Waals surface area contributed by atoms with Crippen LogP contribution in [0.15, 0.2) is 54.6 Å². The van der Waals surface area contributed by atoms with E-state index in [2.05, 4.69) is 0 Å². The monoisotopic (exact) mass is 503 g/mol. The zero-order chi connectivity index (χ0) is 24.5. The molecule has 0 aliphatic carbocycles. The lowest BCUT2D eigenvalue weighted by molar-refractivity contribution is 0.128. The molecule has 7 nitrogen and oxygen atoms in total. The lowest BCUT2D eigenvalue weighted by atomic mass is 10.1. The van der Waals surface area contributed by atoms with Crippen molar-refractivity contribution in [3.05, 3.63) is 59.6 Å². The SMILES string of the molecule is CC(C)(C)Oc1ccccc1-n1nc(OC2CCN(S(C)(=O)=O)CC2)cc1-c1ccc(Cl)cc1. The van der Waals surface area contributed by atoms with Crippen molar-refractivity contribution < 1.29 is 17.9 Å². The molecule has 0 radical (unpaired) electrons. The predicted molar refractivity (Wildman–Crippen MR) is 134 cm³/mol. The molecule has 1 aromatic heterocycles. The van der Waals surface area contributed by atoms with E-state index in [1.54, 1.807) is 0 Å². The molecule has 4 rings (SSSR count). The molecule has 0 unspecified atom stereocenters. The molecule has 2 heterocycles. The van der Waals surface area contributed by atoms with Crippen LogP contribution in [0.4, 0.5) is 0 Å². The summed E-state index contributed by atoms with van der Waals surface area (Å²) in [5.74, 6) is 1.19. The summed E-state index contributed by atoms with van der Waals surface area (Å²) in [6.45, 7) is 6.89. The summed E-state index contributed by atoms with van der Waals surface area (Å²) >= 11 is 6.12. The maximum absolute atomic E-state index is 11.8. The molecule has 34 heavy (non-hydrogen) atoms. The molecule has 1 fully saturated rings. The number of hydrogen-bond acceptors (Lipinski definition) is 5. The molecule has 1 saturated heterocycles. The van der Waals surface area contributed by atoms with Crippen molar-refractivity contribution in [1.29, 1.82) is 0 Å². The summed E-state index contributed by atoms with van der Waals surface area (Å²) in [5, 5.41) is 5.43. The smallest absolute Gasteiger partial charge is 0.234 e. The second-order valence-corrected chi connectivity index (χ2v) is 11.9. The van der Waals surface area contributed by atoms with Gasteiger partial charge in [-0.2, -0.15) is 0 Å². The van der Waals surface area contributed by atoms with Gasteiger partial charge in [-0.15, -0.1) is 5.10 Å². The van der Waals surface area contributed by atoms with Crippen molar-refractivity contribution in [1.82, 2.24) is 14.1 Å². The van der Waals surface area contributed by atoms with Crippen LogP contribution in [0, 0.1) is 0 Å². The average molecular weight is 504 g/mol. The lowest BCUT2D eigenvalue weighted by Crippen LogP contribution is -2.41. The zero-order valence-electron chi connectivity index (χ0n) is 19.9. The van der Waals surface area contributed by atoms with Gasteiger partial charge in [-0.1, -0.05) is 35.9 Å². The van der Waals surface area contributed by atoms with Gasteiger partial charge in [0.25, 0.3) is 0 Å². The van der Waals surface area contributed by atoms with Gasteiger partial charge < -0.3 is 9.47 Å². The standard InChI is InChI=1S/C25H30ClN3O4S/c1-25(2,3)33-23-8-6-5-7-21(23)29-22(18-9-11-19(26)12-10-18)17-24(27-29)32-20-13-15-28(16-14-20)34(4,30)31/h5-12,17,20H,13-16H2,1-4H3. The number of benzene rings is 2. The third-order valence-corrected chi connectivity index (χ3v) is 7.05. The van der Waals surface area contributed by atoms with Gasteiger partial charge in [0.05, 0.1) is 11.9 Å². The number of rotatable bonds is 6. The Bertz CT molecular complexity index is 1240. The first-order valence-corrected chi connectivity index (χ1v) is 13.5. The fourth-order valence-electron chi connectivity index (χ4n) is 3.93. The minimum atomic E-state index is -3.19. The summed E-state index contributed by atoms with van der Waals surface area (Å²) in [6, 6.07) is 17.2. The van der Waals surface area contributed by atoms with Crippen molar-refractivity contribution >= 4 is 21.6 Å². The first kappa shape index (κ1) is 24.6. The van der Waals surface area contributed by atoms with Crippen molar-refractivity contribution in [2.45, 2.75) is 45.3 Å². The summed E-state index contributed by atoms with van der Waals surface area (Å²) in [7, 11) is -3.19. The fraction of sp³-hybridized carbons (Fsp3) is 0.400. The van der Waals surface area contributed by atoms with Gasteiger partial charge in [-0.05, 0) is 57.9 Å². The van der Waals surface area contributed by atoms with Gasteiger partial charge in [0, 0.05) is 29.7 Å². The minimum absolute atomic E-state index is 0.111. The second-order valence-electron chi connectivity index (χ2n) is 9.45. The van der Waals surface area contributed by atoms with E-state index in [-0.39, 0.29) is 11.7 Å². The van der Waals surface area contributed by atoms with Gasteiger partial charge in [-0.3, -0.25) is 0 Å². The van der Waals surface area contributed by atoms with Crippen molar-refractivity contribution in [2.24, 2.45) is 0 Å². The molecule has 182 valence electrons. The van der Waals surface area contributed by atoms with Crippen LogP contribution in [0.25, 0.3) is 16.9 Å². The van der Waals surface area contributed by atoms with E-state index in [9.17, 15) is 8.42 Å². The molecule has 0 spiro atoms. The number of halogens is 1. The topological polar surface area (TPSA) is 73.7 Å². The van der Waals surface area contributed by atoms with Crippen LogP contribution in [-0.4, -0.2) is 53.6 Å². The molecule has 0 N–H and O–H groups in total. The summed E-state index contributed by atoms with van der Waals surface area (Å²) < 4.78 is 39.4. The number of piperidine rings is 1. The summed E-state index contributed by atoms with van der Waals surface area (Å²) in [5.41, 5.74) is 2.19. The third kappa shape index (κ3) is 5.92. The Kier molecular flexibility index (Phi) is 6.94. The van der Waals surface area contributed by atoms with Crippen LogP contribution < -0.4 is 9.47 Å². The van der Waals surface area contributed by atoms with E-state index < -0.39 is 10.0 Å². The van der Waals surface area contributed by atoms with Crippen LogP contribution >= 0.6 is 11.6 Å². The summed E-state index contributed by atoms with van der Waals surface area (Å²) in [6.07, 6.45) is 2.35. The highest BCUT2D eigenvalue weighted by Gasteiger charge is 2.27. The van der Waals surface area contributed by atoms with Gasteiger partial charge in [0.1, 0.15) is 23.1 Å². The molecule has 0 bridgehead atoms. The van der Waals surface area contributed by atoms with Gasteiger partial charge in [0.15, 0.2) is 0 Å². The van der Waals surface area contributed by atoms with E-state index in [0.29, 0.717) is 42.6 Å². The Labute approximate surface area is 206 Å². The first-order valence-electron chi connectivity index (χ1n) is 11.3. The molecular weight excluding hydrogens is 474 g/mol. The first-order chi connectivity index (χ1) is 16.0. The number of aromatic nitrogens is 2. The molecule has 1 aliphatic rings. The van der Waals surface area contributed by atoms with Crippen LogP contribution in [0.5, 0.6) is 11.6 Å². The lowest BCUT2D eigenvalue weighted by Gasteiger charge is -2.29. The molecule has 2 aromatic carbocycles. The molecule has 0 amide bonds. The fourth-order valence-corrected chi connectivity index (χ4v) is 4.93. The van der Waals surface area contributed by atoms with Crippen molar-refractivity contribution in [2.75, 3.05) is 19.3 Å². The third-order valence-electron chi connectivity index (χ3n) is 5.49. The Morgan fingerprint density at radius 2 is 1.68 bits per heavy atom. The Balaban J connectivity index is 1.68. The molecular formula is C25H30ClN3O4S. The number of sulfonamides is 1. The molecule has 9 heteroatoms.